The number of nitrogens with zero attached hydrogens (tertiary/aromatic N) is 1. The minimum absolute atomic E-state index is 0.0557. The number of rotatable bonds is 3. The van der Waals surface area contributed by atoms with Crippen LogP contribution in [0.4, 0.5) is 5.69 Å². The number of nitrogens with two attached hydrogens (primary N) is 1. The fourth-order valence-electron chi connectivity index (χ4n) is 2.69. The number of hydrogen-bond acceptors (Lipinski definition) is 3. The first-order valence-electron chi connectivity index (χ1n) is 6.90. The Labute approximate surface area is 125 Å². The zero-order chi connectivity index (χ0) is 14.7. The molecule has 1 aliphatic heterocycles. The Morgan fingerprint density at radius 1 is 1.40 bits per heavy atom. The molecule has 0 aliphatic carbocycles. The monoisotopic (exact) mass is 291 g/mol. The van der Waals surface area contributed by atoms with E-state index in [1.807, 2.05) is 13.0 Å². The summed E-state index contributed by atoms with van der Waals surface area (Å²) in [5.41, 5.74) is 8.93. The van der Waals surface area contributed by atoms with Crippen LogP contribution in [-0.2, 0) is 4.79 Å². The number of carbonyl (C=O) groups excluding carboxylic acids is 1. The van der Waals surface area contributed by atoms with Gasteiger partial charge in [0.15, 0.2) is 0 Å². The van der Waals surface area contributed by atoms with Gasteiger partial charge in [0.25, 0.3) is 0 Å². The molecule has 0 unspecified atom stereocenters. The molecule has 0 spiro atoms. The van der Waals surface area contributed by atoms with E-state index < -0.39 is 0 Å². The van der Waals surface area contributed by atoms with Crippen LogP contribution in [0.25, 0.3) is 0 Å². The highest BCUT2D eigenvalue weighted by molar-refractivity contribution is 7.80. The van der Waals surface area contributed by atoms with Crippen LogP contribution in [0.15, 0.2) is 18.2 Å². The maximum absolute atomic E-state index is 11.1. The molecular formula is C15H21N3OS. The fraction of sp³-hybridized carbons (Fsp3) is 0.467. The topological polar surface area (TPSA) is 58.4 Å². The largest absolute Gasteiger partial charge is 0.389 e. The van der Waals surface area contributed by atoms with E-state index in [0.717, 1.165) is 37.1 Å². The molecule has 1 heterocycles. The number of benzene rings is 1. The van der Waals surface area contributed by atoms with Gasteiger partial charge in [-0.2, -0.15) is 0 Å². The molecule has 4 nitrogen and oxygen atoms in total. The van der Waals surface area contributed by atoms with Gasteiger partial charge in [-0.3, -0.25) is 4.79 Å². The van der Waals surface area contributed by atoms with Crippen molar-refractivity contribution in [2.75, 3.05) is 18.0 Å². The third-order valence-corrected chi connectivity index (χ3v) is 3.96. The average Bonchev–Trinajstić information content (AvgIpc) is 2.38. The first-order chi connectivity index (χ1) is 9.47. The van der Waals surface area contributed by atoms with E-state index in [4.69, 9.17) is 18.0 Å². The SMILES string of the molecule is CC(=O)NC1CCN(c2ccc(C(N)=S)c(C)c2)CC1. The normalized spacial score (nSPS) is 16.0. The molecule has 1 saturated heterocycles. The van der Waals surface area contributed by atoms with E-state index in [9.17, 15) is 4.79 Å². The maximum atomic E-state index is 11.1. The summed E-state index contributed by atoms with van der Waals surface area (Å²) < 4.78 is 0. The van der Waals surface area contributed by atoms with Crippen molar-refractivity contribution in [3.8, 4) is 0 Å². The number of nitrogens with one attached hydrogen (secondary N) is 1. The third-order valence-electron chi connectivity index (χ3n) is 3.74. The lowest BCUT2D eigenvalue weighted by molar-refractivity contribution is -0.119. The molecular weight excluding hydrogens is 270 g/mol. The third kappa shape index (κ3) is 3.48. The molecule has 1 aliphatic rings. The molecule has 0 atom stereocenters. The summed E-state index contributed by atoms with van der Waals surface area (Å²) in [5, 5.41) is 2.99. The summed E-state index contributed by atoms with van der Waals surface area (Å²) in [6.07, 6.45) is 1.96. The van der Waals surface area contributed by atoms with Crippen molar-refractivity contribution in [1.29, 1.82) is 0 Å². The maximum Gasteiger partial charge on any atom is 0.217 e. The Kier molecular flexibility index (Phi) is 4.60. The molecule has 2 rings (SSSR count). The van der Waals surface area contributed by atoms with Crippen LogP contribution >= 0.6 is 12.2 Å². The number of hydrogen-bond donors (Lipinski definition) is 2. The van der Waals surface area contributed by atoms with Crippen molar-refractivity contribution in [3.63, 3.8) is 0 Å². The van der Waals surface area contributed by atoms with Crippen molar-refractivity contribution >= 4 is 28.8 Å². The van der Waals surface area contributed by atoms with Gasteiger partial charge < -0.3 is 16.0 Å². The van der Waals surface area contributed by atoms with Gasteiger partial charge in [0.05, 0.1) is 0 Å². The predicted molar refractivity (Wildman–Crippen MR) is 86.1 cm³/mol. The highest BCUT2D eigenvalue weighted by atomic mass is 32.1. The van der Waals surface area contributed by atoms with Gasteiger partial charge in [0.1, 0.15) is 4.99 Å². The molecule has 0 bridgehead atoms. The fourth-order valence-corrected chi connectivity index (χ4v) is 2.92. The molecule has 1 fully saturated rings. The summed E-state index contributed by atoms with van der Waals surface area (Å²) >= 11 is 5.03. The summed E-state index contributed by atoms with van der Waals surface area (Å²) in [4.78, 5) is 13.8. The standard InChI is InChI=1S/C15H21N3OS/c1-10-9-13(3-4-14(10)15(16)20)18-7-5-12(6-8-18)17-11(2)19/h3-4,9,12H,5-8H2,1-2H3,(H2,16,20)(H,17,19). The number of thiocarbonyl (C=S) groups is 1. The summed E-state index contributed by atoms with van der Waals surface area (Å²) in [5.74, 6) is 0.0557. The van der Waals surface area contributed by atoms with E-state index >= 15 is 0 Å². The first-order valence-corrected chi connectivity index (χ1v) is 7.30. The summed E-state index contributed by atoms with van der Waals surface area (Å²) in [7, 11) is 0. The van der Waals surface area contributed by atoms with E-state index in [1.165, 1.54) is 5.69 Å². The number of anilines is 1. The molecule has 108 valence electrons. The molecule has 0 radical (unpaired) electrons. The zero-order valence-corrected chi connectivity index (χ0v) is 12.8. The number of amides is 1. The second-order valence-electron chi connectivity index (χ2n) is 5.33. The number of aryl methyl sites for hydroxylation is 1. The van der Waals surface area contributed by atoms with Crippen LogP contribution in [0, 0.1) is 6.92 Å². The smallest absolute Gasteiger partial charge is 0.217 e. The Bertz CT molecular complexity index is 522. The molecule has 0 aromatic heterocycles. The minimum Gasteiger partial charge on any atom is -0.389 e. The van der Waals surface area contributed by atoms with Crippen molar-refractivity contribution in [1.82, 2.24) is 5.32 Å². The van der Waals surface area contributed by atoms with Crippen LogP contribution in [0.3, 0.4) is 0 Å². The summed E-state index contributed by atoms with van der Waals surface area (Å²) in [6.45, 7) is 5.51. The van der Waals surface area contributed by atoms with Crippen LogP contribution in [0.1, 0.15) is 30.9 Å². The van der Waals surface area contributed by atoms with Crippen molar-refractivity contribution < 1.29 is 4.79 Å². The van der Waals surface area contributed by atoms with E-state index in [2.05, 4.69) is 22.3 Å². The van der Waals surface area contributed by atoms with Crippen molar-refractivity contribution in [3.05, 3.63) is 29.3 Å². The van der Waals surface area contributed by atoms with Crippen LogP contribution in [0.5, 0.6) is 0 Å². The molecule has 1 aromatic rings. The summed E-state index contributed by atoms with van der Waals surface area (Å²) in [6, 6.07) is 6.50. The molecule has 5 heteroatoms. The van der Waals surface area contributed by atoms with E-state index in [0.29, 0.717) is 11.0 Å². The Morgan fingerprint density at radius 2 is 2.05 bits per heavy atom. The van der Waals surface area contributed by atoms with Gasteiger partial charge in [-0.25, -0.2) is 0 Å². The van der Waals surface area contributed by atoms with E-state index in [-0.39, 0.29) is 5.91 Å². The Hall–Kier alpha value is -1.62. The second-order valence-corrected chi connectivity index (χ2v) is 5.77. The number of carbonyl (C=O) groups is 1. The zero-order valence-electron chi connectivity index (χ0n) is 12.0. The van der Waals surface area contributed by atoms with Gasteiger partial charge in [-0.15, -0.1) is 0 Å². The molecule has 1 amide bonds. The molecule has 3 N–H and O–H groups in total. The Balaban J connectivity index is 2.02. The van der Waals surface area contributed by atoms with Gasteiger partial charge in [0, 0.05) is 37.3 Å². The minimum atomic E-state index is 0.0557. The van der Waals surface area contributed by atoms with Gasteiger partial charge in [0.2, 0.25) is 5.91 Å². The van der Waals surface area contributed by atoms with Crippen molar-refractivity contribution in [2.24, 2.45) is 5.73 Å². The van der Waals surface area contributed by atoms with E-state index in [1.54, 1.807) is 6.92 Å². The van der Waals surface area contributed by atoms with Crippen molar-refractivity contribution in [2.45, 2.75) is 32.7 Å². The Morgan fingerprint density at radius 3 is 2.55 bits per heavy atom. The van der Waals surface area contributed by atoms with Crippen LogP contribution in [-0.4, -0.2) is 30.0 Å². The predicted octanol–water partition coefficient (Wildman–Crippen LogP) is 1.73. The van der Waals surface area contributed by atoms with Gasteiger partial charge in [-0.1, -0.05) is 12.2 Å². The first kappa shape index (κ1) is 14.8. The highest BCUT2D eigenvalue weighted by Crippen LogP contribution is 2.23. The molecule has 1 aromatic carbocycles. The molecule has 0 saturated carbocycles. The van der Waals surface area contributed by atoms with Gasteiger partial charge >= 0.3 is 0 Å². The van der Waals surface area contributed by atoms with Crippen LogP contribution in [0.2, 0.25) is 0 Å². The van der Waals surface area contributed by atoms with Crippen LogP contribution < -0.4 is 16.0 Å². The second kappa shape index (κ2) is 6.22. The quantitative estimate of drug-likeness (QED) is 0.833. The average molecular weight is 291 g/mol. The highest BCUT2D eigenvalue weighted by Gasteiger charge is 2.20. The van der Waals surface area contributed by atoms with Gasteiger partial charge in [-0.05, 0) is 43.5 Å². The molecule has 20 heavy (non-hydrogen) atoms. The lowest BCUT2D eigenvalue weighted by Crippen LogP contribution is -2.44. The number of piperidine rings is 1. The lowest BCUT2D eigenvalue weighted by atomic mass is 10.0. The lowest BCUT2D eigenvalue weighted by Gasteiger charge is -2.34.